The number of carbonyl (C=O) groups is 1. The number of nitrogens with zero attached hydrogens (tertiary/aromatic N) is 2. The summed E-state index contributed by atoms with van der Waals surface area (Å²) in [6.07, 6.45) is 1.99. The number of thioether (sulfide) groups is 1. The lowest BCUT2D eigenvalue weighted by atomic mass is 10.3. The van der Waals surface area contributed by atoms with Gasteiger partial charge in [-0.3, -0.25) is 4.57 Å². The first-order valence-electron chi connectivity index (χ1n) is 5.66. The molecule has 0 aliphatic heterocycles. The Hall–Kier alpha value is -1.95. The molecule has 6 heteroatoms. The van der Waals surface area contributed by atoms with Gasteiger partial charge in [0.1, 0.15) is 11.6 Å². The van der Waals surface area contributed by atoms with Gasteiger partial charge in [-0.1, -0.05) is 12.1 Å². The van der Waals surface area contributed by atoms with E-state index >= 15 is 0 Å². The maximum absolute atomic E-state index is 11.6. The quantitative estimate of drug-likeness (QED) is 0.688. The lowest BCUT2D eigenvalue weighted by Gasteiger charge is -2.11. The molecule has 5 nitrogen and oxygen atoms in total. The number of carbonyl (C=O) groups excluding carboxylic acids is 1. The van der Waals surface area contributed by atoms with Gasteiger partial charge in [-0.15, -0.1) is 11.8 Å². The SMILES string of the molecule is COC(=O)c1nc(C)n(-c2ccccc2SC)c1N. The number of aryl methyl sites for hydroxylation is 1. The summed E-state index contributed by atoms with van der Waals surface area (Å²) in [4.78, 5) is 16.9. The van der Waals surface area contributed by atoms with E-state index in [4.69, 9.17) is 5.73 Å². The van der Waals surface area contributed by atoms with E-state index in [1.165, 1.54) is 7.11 Å². The molecule has 0 saturated heterocycles. The largest absolute Gasteiger partial charge is 0.464 e. The number of esters is 1. The molecule has 0 aliphatic rings. The van der Waals surface area contributed by atoms with Gasteiger partial charge in [0.25, 0.3) is 0 Å². The molecule has 0 saturated carbocycles. The summed E-state index contributed by atoms with van der Waals surface area (Å²) in [7, 11) is 1.31. The van der Waals surface area contributed by atoms with Crippen molar-refractivity contribution in [3.8, 4) is 5.69 Å². The summed E-state index contributed by atoms with van der Waals surface area (Å²) in [5.41, 5.74) is 7.09. The molecular formula is C13H15N3O2S. The Morgan fingerprint density at radius 1 is 1.42 bits per heavy atom. The van der Waals surface area contributed by atoms with Gasteiger partial charge < -0.3 is 10.5 Å². The zero-order valence-electron chi connectivity index (χ0n) is 11.0. The molecule has 0 aliphatic carbocycles. The van der Waals surface area contributed by atoms with Gasteiger partial charge in [-0.05, 0) is 25.3 Å². The molecule has 0 radical (unpaired) electrons. The summed E-state index contributed by atoms with van der Waals surface area (Å²) < 4.78 is 6.44. The molecule has 1 aromatic carbocycles. The molecule has 0 atom stereocenters. The van der Waals surface area contributed by atoms with E-state index < -0.39 is 5.97 Å². The van der Waals surface area contributed by atoms with Crippen molar-refractivity contribution >= 4 is 23.5 Å². The highest BCUT2D eigenvalue weighted by atomic mass is 32.2. The third-order valence-electron chi connectivity index (χ3n) is 2.79. The van der Waals surface area contributed by atoms with Crippen LogP contribution in [0.1, 0.15) is 16.3 Å². The predicted octanol–water partition coefficient (Wildman–Crippen LogP) is 2.27. The zero-order chi connectivity index (χ0) is 14.0. The lowest BCUT2D eigenvalue weighted by Crippen LogP contribution is -2.08. The van der Waals surface area contributed by atoms with Gasteiger partial charge in [0.2, 0.25) is 0 Å². The highest BCUT2D eigenvalue weighted by Gasteiger charge is 2.21. The molecule has 0 spiro atoms. The summed E-state index contributed by atoms with van der Waals surface area (Å²) in [5, 5.41) is 0. The van der Waals surface area contributed by atoms with Gasteiger partial charge in [0.05, 0.1) is 12.8 Å². The molecule has 0 amide bonds. The number of nitrogen functional groups attached to an aromatic ring is 1. The highest BCUT2D eigenvalue weighted by molar-refractivity contribution is 7.98. The second-order valence-electron chi connectivity index (χ2n) is 3.89. The van der Waals surface area contributed by atoms with Gasteiger partial charge in [0, 0.05) is 4.90 Å². The first kappa shape index (κ1) is 13.5. The molecule has 0 unspecified atom stereocenters. The number of nitrogens with two attached hydrogens (primary N) is 1. The Morgan fingerprint density at radius 3 is 2.74 bits per heavy atom. The van der Waals surface area contributed by atoms with Crippen LogP contribution in [0.25, 0.3) is 5.69 Å². The first-order valence-corrected chi connectivity index (χ1v) is 6.89. The van der Waals surface area contributed by atoms with Crippen LogP contribution in [-0.4, -0.2) is 28.9 Å². The molecule has 100 valence electrons. The molecular weight excluding hydrogens is 262 g/mol. The number of hydrogen-bond acceptors (Lipinski definition) is 5. The highest BCUT2D eigenvalue weighted by Crippen LogP contribution is 2.28. The fourth-order valence-electron chi connectivity index (χ4n) is 1.91. The number of methoxy groups -OCH3 is 1. The van der Waals surface area contributed by atoms with Crippen molar-refractivity contribution in [3.63, 3.8) is 0 Å². The normalized spacial score (nSPS) is 10.5. The number of hydrogen-bond donors (Lipinski definition) is 1. The average Bonchev–Trinajstić information content (AvgIpc) is 2.73. The van der Waals surface area contributed by atoms with Crippen LogP contribution in [0, 0.1) is 6.92 Å². The molecule has 0 bridgehead atoms. The lowest BCUT2D eigenvalue weighted by molar-refractivity contribution is 0.0596. The van der Waals surface area contributed by atoms with Crippen LogP contribution < -0.4 is 5.73 Å². The van der Waals surface area contributed by atoms with E-state index in [0.29, 0.717) is 11.6 Å². The molecule has 2 aromatic rings. The van der Waals surface area contributed by atoms with Crippen LogP contribution in [0.4, 0.5) is 5.82 Å². The predicted molar refractivity (Wildman–Crippen MR) is 75.8 cm³/mol. The maximum Gasteiger partial charge on any atom is 0.360 e. The minimum Gasteiger partial charge on any atom is -0.464 e. The Balaban J connectivity index is 2.63. The van der Waals surface area contributed by atoms with E-state index in [2.05, 4.69) is 9.72 Å². The summed E-state index contributed by atoms with van der Waals surface area (Å²) in [5.74, 6) is 0.422. The number of benzene rings is 1. The van der Waals surface area contributed by atoms with E-state index in [1.54, 1.807) is 23.3 Å². The molecule has 19 heavy (non-hydrogen) atoms. The van der Waals surface area contributed by atoms with Crippen molar-refractivity contribution in [2.45, 2.75) is 11.8 Å². The number of ether oxygens (including phenoxy) is 1. The maximum atomic E-state index is 11.6. The smallest absolute Gasteiger partial charge is 0.360 e. The summed E-state index contributed by atoms with van der Waals surface area (Å²) >= 11 is 1.61. The van der Waals surface area contributed by atoms with Crippen LogP contribution in [0.5, 0.6) is 0 Å². The summed E-state index contributed by atoms with van der Waals surface area (Å²) in [6, 6.07) is 7.82. The standard InChI is InChI=1S/C13H15N3O2S/c1-8-15-11(13(17)18-2)12(14)16(8)9-6-4-5-7-10(9)19-3/h4-7H,14H2,1-3H3. The van der Waals surface area contributed by atoms with Crippen LogP contribution >= 0.6 is 11.8 Å². The van der Waals surface area contributed by atoms with Gasteiger partial charge >= 0.3 is 5.97 Å². The van der Waals surface area contributed by atoms with Crippen LogP contribution in [0.3, 0.4) is 0 Å². The van der Waals surface area contributed by atoms with Crippen molar-refractivity contribution in [3.05, 3.63) is 35.8 Å². The summed E-state index contributed by atoms with van der Waals surface area (Å²) in [6.45, 7) is 1.81. The van der Waals surface area contributed by atoms with Crippen molar-refractivity contribution in [1.29, 1.82) is 0 Å². The second kappa shape index (κ2) is 5.36. The van der Waals surface area contributed by atoms with E-state index in [0.717, 1.165) is 10.6 Å². The van der Waals surface area contributed by atoms with Gasteiger partial charge in [-0.25, -0.2) is 9.78 Å². The van der Waals surface area contributed by atoms with Gasteiger partial charge in [-0.2, -0.15) is 0 Å². The second-order valence-corrected chi connectivity index (χ2v) is 4.74. The Bertz CT molecular complexity index is 622. The third-order valence-corrected chi connectivity index (χ3v) is 3.57. The minimum absolute atomic E-state index is 0.149. The van der Waals surface area contributed by atoms with Crippen molar-refractivity contribution in [1.82, 2.24) is 9.55 Å². The third kappa shape index (κ3) is 2.31. The zero-order valence-corrected chi connectivity index (χ0v) is 11.8. The molecule has 1 aromatic heterocycles. The van der Waals surface area contributed by atoms with E-state index in [-0.39, 0.29) is 5.69 Å². The number of rotatable bonds is 3. The average molecular weight is 277 g/mol. The Kier molecular flexibility index (Phi) is 3.80. The first-order chi connectivity index (χ1) is 9.10. The number of anilines is 1. The topological polar surface area (TPSA) is 70.1 Å². The minimum atomic E-state index is -0.527. The van der Waals surface area contributed by atoms with Crippen molar-refractivity contribution in [2.24, 2.45) is 0 Å². The van der Waals surface area contributed by atoms with E-state index in [9.17, 15) is 4.79 Å². The Morgan fingerprint density at radius 2 is 2.11 bits per heavy atom. The monoisotopic (exact) mass is 277 g/mol. The van der Waals surface area contributed by atoms with Crippen LogP contribution in [-0.2, 0) is 4.74 Å². The number of aromatic nitrogens is 2. The van der Waals surface area contributed by atoms with Crippen molar-refractivity contribution < 1.29 is 9.53 Å². The number of imidazole rings is 1. The van der Waals surface area contributed by atoms with Crippen LogP contribution in [0.15, 0.2) is 29.2 Å². The molecule has 2 N–H and O–H groups in total. The Labute approximate surface area is 115 Å². The van der Waals surface area contributed by atoms with Crippen molar-refractivity contribution in [2.75, 3.05) is 19.1 Å². The van der Waals surface area contributed by atoms with Gasteiger partial charge in [0.15, 0.2) is 5.69 Å². The number of para-hydroxylation sites is 1. The fraction of sp³-hybridized carbons (Fsp3) is 0.231. The molecule has 1 heterocycles. The molecule has 0 fully saturated rings. The fourth-order valence-corrected chi connectivity index (χ4v) is 2.50. The van der Waals surface area contributed by atoms with Crippen LogP contribution in [0.2, 0.25) is 0 Å². The molecule has 2 rings (SSSR count). The van der Waals surface area contributed by atoms with E-state index in [1.807, 2.05) is 30.5 Å².